The highest BCUT2D eigenvalue weighted by Gasteiger charge is 2.24. The molecule has 0 radical (unpaired) electrons. The van der Waals surface area contributed by atoms with E-state index in [-0.39, 0.29) is 12.1 Å². The van der Waals surface area contributed by atoms with Crippen LogP contribution >= 0.6 is 0 Å². The average Bonchev–Trinajstić information content (AvgIpc) is 2.91. The van der Waals surface area contributed by atoms with E-state index in [4.69, 9.17) is 10.2 Å². The van der Waals surface area contributed by atoms with E-state index in [0.717, 1.165) is 24.5 Å². The zero-order valence-corrected chi connectivity index (χ0v) is 11.5. The number of pyridine rings is 1. The second kappa shape index (κ2) is 6.50. The first-order chi connectivity index (χ1) is 9.22. The van der Waals surface area contributed by atoms with Crippen molar-refractivity contribution < 1.29 is 4.42 Å². The van der Waals surface area contributed by atoms with E-state index in [9.17, 15) is 0 Å². The minimum absolute atomic E-state index is 0.00446. The van der Waals surface area contributed by atoms with Gasteiger partial charge in [-0.25, -0.2) is 0 Å². The molecule has 0 fully saturated rings. The highest BCUT2D eigenvalue weighted by molar-refractivity contribution is 5.12. The van der Waals surface area contributed by atoms with Crippen LogP contribution in [-0.2, 0) is 6.54 Å². The van der Waals surface area contributed by atoms with Crippen molar-refractivity contribution in [2.24, 2.45) is 5.73 Å². The molecule has 4 heteroatoms. The van der Waals surface area contributed by atoms with Gasteiger partial charge in [-0.05, 0) is 37.7 Å². The van der Waals surface area contributed by atoms with Crippen LogP contribution in [0.3, 0.4) is 0 Å². The Bertz CT molecular complexity index is 467. The summed E-state index contributed by atoms with van der Waals surface area (Å²) in [5.41, 5.74) is 7.17. The second-order valence-electron chi connectivity index (χ2n) is 4.70. The topological polar surface area (TPSA) is 55.3 Å². The van der Waals surface area contributed by atoms with Crippen molar-refractivity contribution in [1.82, 2.24) is 9.88 Å². The Labute approximate surface area is 114 Å². The SMILES string of the molecule is CCN(Cc1ccco1)C(c1ccccn1)C(C)N. The Morgan fingerprint density at radius 3 is 2.68 bits per heavy atom. The number of rotatable bonds is 6. The summed E-state index contributed by atoms with van der Waals surface area (Å²) in [6, 6.07) is 9.94. The van der Waals surface area contributed by atoms with Crippen molar-refractivity contribution in [2.45, 2.75) is 32.5 Å². The highest BCUT2D eigenvalue weighted by atomic mass is 16.3. The molecule has 19 heavy (non-hydrogen) atoms. The minimum atomic E-state index is 0.00446. The van der Waals surface area contributed by atoms with Crippen molar-refractivity contribution in [1.29, 1.82) is 0 Å². The molecular weight excluding hydrogens is 238 g/mol. The smallest absolute Gasteiger partial charge is 0.117 e. The minimum Gasteiger partial charge on any atom is -0.468 e. The molecule has 0 spiro atoms. The zero-order chi connectivity index (χ0) is 13.7. The maximum absolute atomic E-state index is 6.16. The number of aromatic nitrogens is 1. The third-order valence-electron chi connectivity index (χ3n) is 3.23. The van der Waals surface area contributed by atoms with Gasteiger partial charge in [0, 0.05) is 12.2 Å². The molecule has 0 amide bonds. The molecule has 2 aromatic rings. The van der Waals surface area contributed by atoms with Crippen LogP contribution in [0.15, 0.2) is 47.2 Å². The predicted octanol–water partition coefficient (Wildman–Crippen LogP) is 2.58. The molecule has 2 rings (SSSR count). The van der Waals surface area contributed by atoms with Crippen molar-refractivity contribution in [2.75, 3.05) is 6.54 Å². The van der Waals surface area contributed by atoms with Gasteiger partial charge in [-0.15, -0.1) is 0 Å². The predicted molar refractivity (Wildman–Crippen MR) is 75.4 cm³/mol. The fourth-order valence-electron chi connectivity index (χ4n) is 2.35. The van der Waals surface area contributed by atoms with Gasteiger partial charge in [-0.3, -0.25) is 9.88 Å². The van der Waals surface area contributed by atoms with E-state index in [0.29, 0.717) is 0 Å². The van der Waals surface area contributed by atoms with Gasteiger partial charge in [-0.2, -0.15) is 0 Å². The van der Waals surface area contributed by atoms with Crippen LogP contribution < -0.4 is 5.73 Å². The van der Waals surface area contributed by atoms with Crippen LogP contribution in [0.2, 0.25) is 0 Å². The lowest BCUT2D eigenvalue weighted by Gasteiger charge is -2.32. The molecular formula is C15H21N3O. The summed E-state index contributed by atoms with van der Waals surface area (Å²) in [5.74, 6) is 0.948. The van der Waals surface area contributed by atoms with Crippen LogP contribution in [0.1, 0.15) is 31.3 Å². The summed E-state index contributed by atoms with van der Waals surface area (Å²) in [5, 5.41) is 0. The average molecular weight is 259 g/mol. The third-order valence-corrected chi connectivity index (χ3v) is 3.23. The van der Waals surface area contributed by atoms with Gasteiger partial charge in [0.25, 0.3) is 0 Å². The maximum atomic E-state index is 6.16. The van der Waals surface area contributed by atoms with Crippen LogP contribution in [-0.4, -0.2) is 22.5 Å². The van der Waals surface area contributed by atoms with E-state index >= 15 is 0 Å². The first-order valence-electron chi connectivity index (χ1n) is 6.65. The maximum Gasteiger partial charge on any atom is 0.117 e. The molecule has 0 saturated heterocycles. The first-order valence-corrected chi connectivity index (χ1v) is 6.65. The molecule has 0 aromatic carbocycles. The molecule has 2 heterocycles. The highest BCUT2D eigenvalue weighted by Crippen LogP contribution is 2.23. The summed E-state index contributed by atoms with van der Waals surface area (Å²) in [6.45, 7) is 5.78. The lowest BCUT2D eigenvalue weighted by Crippen LogP contribution is -2.39. The standard InChI is InChI=1S/C15H21N3O/c1-3-18(11-13-7-6-10-19-13)15(12(2)16)14-8-4-5-9-17-14/h4-10,12,15H,3,11,16H2,1-2H3. The number of hydrogen-bond donors (Lipinski definition) is 1. The van der Waals surface area contributed by atoms with E-state index in [2.05, 4.69) is 16.8 Å². The molecule has 0 bridgehead atoms. The van der Waals surface area contributed by atoms with E-state index in [1.807, 2.05) is 43.5 Å². The van der Waals surface area contributed by atoms with Gasteiger partial charge < -0.3 is 10.2 Å². The lowest BCUT2D eigenvalue weighted by molar-refractivity contribution is 0.161. The molecule has 0 aliphatic carbocycles. The summed E-state index contributed by atoms with van der Waals surface area (Å²) >= 11 is 0. The number of nitrogens with zero attached hydrogens (tertiary/aromatic N) is 2. The molecule has 102 valence electrons. The van der Waals surface area contributed by atoms with Crippen LogP contribution in [0.25, 0.3) is 0 Å². The van der Waals surface area contributed by atoms with Crippen molar-refractivity contribution in [3.63, 3.8) is 0 Å². The summed E-state index contributed by atoms with van der Waals surface area (Å²) in [4.78, 5) is 6.73. The Morgan fingerprint density at radius 1 is 1.32 bits per heavy atom. The lowest BCUT2D eigenvalue weighted by atomic mass is 10.0. The molecule has 2 aromatic heterocycles. The van der Waals surface area contributed by atoms with Crippen LogP contribution in [0.5, 0.6) is 0 Å². The quantitative estimate of drug-likeness (QED) is 0.866. The van der Waals surface area contributed by atoms with E-state index in [1.165, 1.54) is 0 Å². The number of nitrogens with two attached hydrogens (primary N) is 1. The second-order valence-corrected chi connectivity index (χ2v) is 4.70. The van der Waals surface area contributed by atoms with Gasteiger partial charge in [0.15, 0.2) is 0 Å². The van der Waals surface area contributed by atoms with Gasteiger partial charge in [0.1, 0.15) is 5.76 Å². The van der Waals surface area contributed by atoms with Crippen molar-refractivity contribution in [3.8, 4) is 0 Å². The van der Waals surface area contributed by atoms with E-state index in [1.54, 1.807) is 6.26 Å². The van der Waals surface area contributed by atoms with Crippen molar-refractivity contribution in [3.05, 3.63) is 54.2 Å². The molecule has 4 nitrogen and oxygen atoms in total. The molecule has 2 unspecified atom stereocenters. The zero-order valence-electron chi connectivity index (χ0n) is 11.5. The molecule has 0 aliphatic heterocycles. The van der Waals surface area contributed by atoms with Crippen LogP contribution in [0.4, 0.5) is 0 Å². The Kier molecular flexibility index (Phi) is 4.71. The molecule has 0 aliphatic rings. The van der Waals surface area contributed by atoms with Gasteiger partial charge in [-0.1, -0.05) is 13.0 Å². The fourth-order valence-corrected chi connectivity index (χ4v) is 2.35. The van der Waals surface area contributed by atoms with Crippen LogP contribution in [0, 0.1) is 0 Å². The summed E-state index contributed by atoms with van der Waals surface area (Å²) in [7, 11) is 0. The monoisotopic (exact) mass is 259 g/mol. The molecule has 2 atom stereocenters. The van der Waals surface area contributed by atoms with E-state index < -0.39 is 0 Å². The molecule has 0 saturated carbocycles. The summed E-state index contributed by atoms with van der Waals surface area (Å²) < 4.78 is 5.43. The Balaban J connectivity index is 2.21. The van der Waals surface area contributed by atoms with Gasteiger partial charge in [0.2, 0.25) is 0 Å². The summed E-state index contributed by atoms with van der Waals surface area (Å²) in [6.07, 6.45) is 3.51. The number of hydrogen-bond acceptors (Lipinski definition) is 4. The number of likely N-dealkylation sites (N-methyl/N-ethyl adjacent to an activating group) is 1. The first kappa shape index (κ1) is 13.8. The Morgan fingerprint density at radius 2 is 2.16 bits per heavy atom. The largest absolute Gasteiger partial charge is 0.468 e. The Hall–Kier alpha value is -1.65. The van der Waals surface area contributed by atoms with Gasteiger partial charge >= 0.3 is 0 Å². The normalized spacial score (nSPS) is 14.5. The fraction of sp³-hybridized carbons (Fsp3) is 0.400. The molecule has 2 N–H and O–H groups in total. The van der Waals surface area contributed by atoms with Gasteiger partial charge in [0.05, 0.1) is 24.5 Å². The number of furan rings is 1. The van der Waals surface area contributed by atoms with Crippen molar-refractivity contribution >= 4 is 0 Å². The third kappa shape index (κ3) is 3.43.